The van der Waals surface area contributed by atoms with Crippen molar-refractivity contribution < 1.29 is 18.3 Å². The van der Waals surface area contributed by atoms with Crippen LogP contribution in [0.25, 0.3) is 0 Å². The lowest BCUT2D eigenvalue weighted by atomic mass is 10.0. The number of rotatable bonds is 4. The Bertz CT molecular complexity index is 235. The highest BCUT2D eigenvalue weighted by atomic mass is 19.4. The van der Waals surface area contributed by atoms with E-state index in [4.69, 9.17) is 0 Å². The van der Waals surface area contributed by atoms with Crippen molar-refractivity contribution in [3.8, 4) is 0 Å². The van der Waals surface area contributed by atoms with E-state index in [2.05, 4.69) is 9.80 Å². The lowest BCUT2D eigenvalue weighted by Gasteiger charge is -2.38. The summed E-state index contributed by atoms with van der Waals surface area (Å²) >= 11 is 0. The molecule has 3 nitrogen and oxygen atoms in total. The van der Waals surface area contributed by atoms with Crippen molar-refractivity contribution in [3.63, 3.8) is 0 Å². The minimum atomic E-state index is -4.17. The average Bonchev–Trinajstić information content (AvgIpc) is 2.20. The van der Waals surface area contributed by atoms with Crippen LogP contribution >= 0.6 is 0 Å². The highest BCUT2D eigenvalue weighted by molar-refractivity contribution is 4.80. The smallest absolute Gasteiger partial charge is 0.389 e. The van der Waals surface area contributed by atoms with Gasteiger partial charge in [-0.15, -0.1) is 0 Å². The molecule has 2 unspecified atom stereocenters. The fourth-order valence-electron chi connectivity index (χ4n) is 2.12. The molecule has 2 atom stereocenters. The molecule has 1 heterocycles. The van der Waals surface area contributed by atoms with Crippen molar-refractivity contribution in [1.82, 2.24) is 9.80 Å². The first kappa shape index (κ1) is 14.7. The molecule has 1 aliphatic rings. The minimum absolute atomic E-state index is 0.150. The van der Waals surface area contributed by atoms with Gasteiger partial charge in [0, 0.05) is 32.1 Å². The molecule has 1 aliphatic heterocycles. The summed E-state index contributed by atoms with van der Waals surface area (Å²) in [5.74, 6) is 0. The predicted octanol–water partition coefficient (Wildman–Crippen LogP) is 1.33. The van der Waals surface area contributed by atoms with Crippen molar-refractivity contribution in [2.24, 2.45) is 0 Å². The number of aliphatic hydroxyl groups excluding tert-OH is 1. The van der Waals surface area contributed by atoms with Crippen LogP contribution in [0.5, 0.6) is 0 Å². The van der Waals surface area contributed by atoms with Gasteiger partial charge in [-0.25, -0.2) is 0 Å². The molecule has 1 saturated heterocycles. The largest absolute Gasteiger partial charge is 0.393 e. The molecule has 6 heteroatoms. The van der Waals surface area contributed by atoms with Gasteiger partial charge in [-0.05, 0) is 26.9 Å². The lowest BCUT2D eigenvalue weighted by Crippen LogP contribution is -2.51. The van der Waals surface area contributed by atoms with Gasteiger partial charge in [-0.1, -0.05) is 0 Å². The van der Waals surface area contributed by atoms with Crippen molar-refractivity contribution in [2.75, 3.05) is 33.7 Å². The average molecular weight is 254 g/mol. The monoisotopic (exact) mass is 254 g/mol. The summed E-state index contributed by atoms with van der Waals surface area (Å²) in [7, 11) is 3.94. The first-order chi connectivity index (χ1) is 7.78. The molecule has 0 aromatic rings. The highest BCUT2D eigenvalue weighted by Gasteiger charge is 2.30. The molecule has 0 amide bonds. The molecular formula is C11H21F3N2O. The van der Waals surface area contributed by atoms with E-state index in [1.54, 1.807) is 0 Å². The zero-order valence-corrected chi connectivity index (χ0v) is 10.4. The standard InChI is InChI=1S/C11H21F3N2O/c1-15-5-6-16(2)9(8-15)7-10(17)3-4-11(12,13)14/h9-10,17H,3-8H2,1-2H3. The Hall–Kier alpha value is -0.330. The molecule has 1 N–H and O–H groups in total. The summed E-state index contributed by atoms with van der Waals surface area (Å²) in [6.45, 7) is 2.67. The molecule has 0 aromatic heterocycles. The van der Waals surface area contributed by atoms with Gasteiger partial charge >= 0.3 is 6.18 Å². The van der Waals surface area contributed by atoms with Crippen LogP contribution < -0.4 is 0 Å². The second-order valence-electron chi connectivity index (χ2n) is 4.94. The summed E-state index contributed by atoms with van der Waals surface area (Å²) < 4.78 is 36.0. The zero-order valence-electron chi connectivity index (χ0n) is 10.4. The predicted molar refractivity (Wildman–Crippen MR) is 59.8 cm³/mol. The normalized spacial score (nSPS) is 26.1. The number of alkyl halides is 3. The van der Waals surface area contributed by atoms with Gasteiger partial charge < -0.3 is 14.9 Å². The molecule has 0 spiro atoms. The Kier molecular flexibility index (Phi) is 5.22. The van der Waals surface area contributed by atoms with Gasteiger partial charge in [0.2, 0.25) is 0 Å². The molecule has 0 saturated carbocycles. The number of hydrogen-bond acceptors (Lipinski definition) is 3. The van der Waals surface area contributed by atoms with E-state index in [9.17, 15) is 18.3 Å². The van der Waals surface area contributed by atoms with Gasteiger partial charge in [0.25, 0.3) is 0 Å². The second kappa shape index (κ2) is 6.02. The van der Waals surface area contributed by atoms with Gasteiger partial charge in [0.15, 0.2) is 0 Å². The highest BCUT2D eigenvalue weighted by Crippen LogP contribution is 2.24. The third-order valence-electron chi connectivity index (χ3n) is 3.29. The van der Waals surface area contributed by atoms with E-state index < -0.39 is 18.7 Å². The van der Waals surface area contributed by atoms with Gasteiger partial charge in [-0.2, -0.15) is 13.2 Å². The van der Waals surface area contributed by atoms with Crippen molar-refractivity contribution in [3.05, 3.63) is 0 Å². The number of aliphatic hydroxyl groups is 1. The van der Waals surface area contributed by atoms with E-state index >= 15 is 0 Å². The molecule has 0 aromatic carbocycles. The fourth-order valence-corrected chi connectivity index (χ4v) is 2.12. The maximum atomic E-state index is 12.0. The van der Waals surface area contributed by atoms with Crippen molar-refractivity contribution in [2.45, 2.75) is 37.6 Å². The van der Waals surface area contributed by atoms with Gasteiger partial charge in [0.1, 0.15) is 0 Å². The first-order valence-corrected chi connectivity index (χ1v) is 5.91. The van der Waals surface area contributed by atoms with E-state index in [1.807, 2.05) is 14.1 Å². The van der Waals surface area contributed by atoms with Crippen molar-refractivity contribution in [1.29, 1.82) is 0 Å². The van der Waals surface area contributed by atoms with Crippen LogP contribution in [0.3, 0.4) is 0 Å². The number of hydrogen-bond donors (Lipinski definition) is 1. The third-order valence-corrected chi connectivity index (χ3v) is 3.29. The fraction of sp³-hybridized carbons (Fsp3) is 1.00. The molecule has 1 rings (SSSR count). The van der Waals surface area contributed by atoms with Gasteiger partial charge in [0.05, 0.1) is 6.10 Å². The summed E-state index contributed by atoms with van der Waals surface area (Å²) in [5, 5.41) is 9.62. The van der Waals surface area contributed by atoms with Crippen molar-refractivity contribution >= 4 is 0 Å². The Balaban J connectivity index is 2.31. The first-order valence-electron chi connectivity index (χ1n) is 5.91. The number of nitrogens with zero attached hydrogens (tertiary/aromatic N) is 2. The summed E-state index contributed by atoms with van der Waals surface area (Å²) in [6, 6.07) is 0.150. The summed E-state index contributed by atoms with van der Waals surface area (Å²) in [6.07, 6.45) is -5.72. The molecule has 102 valence electrons. The van der Waals surface area contributed by atoms with Crippen LogP contribution in [0.1, 0.15) is 19.3 Å². The lowest BCUT2D eigenvalue weighted by molar-refractivity contribution is -0.140. The molecule has 17 heavy (non-hydrogen) atoms. The summed E-state index contributed by atoms with van der Waals surface area (Å²) in [4.78, 5) is 4.25. The number of likely N-dealkylation sites (N-methyl/N-ethyl adjacent to an activating group) is 2. The number of halogens is 3. The topological polar surface area (TPSA) is 26.7 Å². The molecule has 0 radical (unpaired) electrons. The van der Waals surface area contributed by atoms with Gasteiger partial charge in [-0.3, -0.25) is 0 Å². The van der Waals surface area contributed by atoms with E-state index in [-0.39, 0.29) is 12.5 Å². The van der Waals surface area contributed by atoms with Crippen LogP contribution in [0.2, 0.25) is 0 Å². The SMILES string of the molecule is CN1CCN(C)C(CC(O)CCC(F)(F)F)C1. The Morgan fingerprint density at radius 3 is 2.53 bits per heavy atom. The van der Waals surface area contributed by atoms with Crippen LogP contribution in [-0.2, 0) is 0 Å². The van der Waals surface area contributed by atoms with E-state index in [0.717, 1.165) is 19.6 Å². The van der Waals surface area contributed by atoms with Crippen LogP contribution in [-0.4, -0.2) is 67.0 Å². The Morgan fingerprint density at radius 1 is 1.29 bits per heavy atom. The quantitative estimate of drug-likeness (QED) is 0.820. The summed E-state index contributed by atoms with van der Waals surface area (Å²) in [5.41, 5.74) is 0. The molecule has 0 aliphatic carbocycles. The van der Waals surface area contributed by atoms with E-state index in [1.165, 1.54) is 0 Å². The second-order valence-corrected chi connectivity index (χ2v) is 4.94. The minimum Gasteiger partial charge on any atom is -0.393 e. The van der Waals surface area contributed by atoms with Crippen LogP contribution in [0, 0.1) is 0 Å². The molecule has 1 fully saturated rings. The maximum Gasteiger partial charge on any atom is 0.389 e. The molecular weight excluding hydrogens is 233 g/mol. The van der Waals surface area contributed by atoms with Crippen LogP contribution in [0.4, 0.5) is 13.2 Å². The Morgan fingerprint density at radius 2 is 1.94 bits per heavy atom. The maximum absolute atomic E-state index is 12.0. The Labute approximate surface area is 100 Å². The third kappa shape index (κ3) is 5.70. The molecule has 0 bridgehead atoms. The zero-order chi connectivity index (χ0) is 13.1. The van der Waals surface area contributed by atoms with E-state index in [0.29, 0.717) is 6.42 Å². The number of piperazine rings is 1. The van der Waals surface area contributed by atoms with Crippen LogP contribution in [0.15, 0.2) is 0 Å².